The molecule has 2 heterocycles. The van der Waals surface area contributed by atoms with Crippen molar-refractivity contribution < 1.29 is 62.6 Å². The van der Waals surface area contributed by atoms with Crippen LogP contribution in [-0.2, 0) is 33.0 Å². The molecule has 0 amide bonds. The standard InChI is InChI=1S/C37H34F5N6O4S.BrH/c1-21-12-26(13-22(2)32(21)51-34(49)24(4)44-5)16-47-19-45-48(20-47)18-36(52-35(50)37(40,41)42,29-11-10-28(38)14-30(29)39)23(3)33-46-31(17-53-33)27-8-6-25(15-43)7-9-27;/h6-14,17,19-20,23-24,44H,16,18H2,1-5H3;1H/q+1;/p-1/t23-,24-,36+;/m0./s1. The Labute approximate surface area is 321 Å². The van der Waals surface area contributed by atoms with Crippen molar-refractivity contribution in [2.24, 2.45) is 0 Å². The predicted octanol–water partition coefficient (Wildman–Crippen LogP) is 3.43. The number of nitriles is 1. The van der Waals surface area contributed by atoms with Crippen LogP contribution in [0, 0.1) is 36.8 Å². The van der Waals surface area contributed by atoms with Gasteiger partial charge in [0.05, 0.1) is 29.8 Å². The van der Waals surface area contributed by atoms with Crippen LogP contribution in [0.4, 0.5) is 22.0 Å². The molecular formula is C37H34BrF5N6O4S. The zero-order valence-electron chi connectivity index (χ0n) is 29.5. The summed E-state index contributed by atoms with van der Waals surface area (Å²) in [6.07, 6.45) is -2.63. The number of nitrogens with zero attached hydrogens (tertiary/aromatic N) is 5. The maximum Gasteiger partial charge on any atom is 0.490 e. The van der Waals surface area contributed by atoms with Gasteiger partial charge in [-0.1, -0.05) is 19.1 Å². The number of esters is 2. The van der Waals surface area contributed by atoms with E-state index in [0.717, 1.165) is 29.0 Å². The number of hydrogen-bond acceptors (Lipinski definition) is 9. The number of aryl methyl sites for hydroxylation is 2. The minimum atomic E-state index is -5.47. The van der Waals surface area contributed by atoms with E-state index in [-0.39, 0.29) is 28.5 Å². The third kappa shape index (κ3) is 9.17. The van der Waals surface area contributed by atoms with E-state index in [1.165, 1.54) is 24.3 Å². The molecule has 1 N–H and O–H groups in total. The molecule has 10 nitrogen and oxygen atoms in total. The average Bonchev–Trinajstić information content (AvgIpc) is 3.78. The molecular weight excluding hydrogens is 799 g/mol. The summed E-state index contributed by atoms with van der Waals surface area (Å²) in [6, 6.07) is 13.8. The van der Waals surface area contributed by atoms with Crippen LogP contribution in [0.25, 0.3) is 11.3 Å². The molecule has 5 aromatic rings. The number of alkyl halides is 3. The van der Waals surface area contributed by atoms with Crippen LogP contribution in [0.3, 0.4) is 0 Å². The summed E-state index contributed by atoms with van der Waals surface area (Å²) in [4.78, 5) is 29.6. The molecule has 0 saturated carbocycles. The first-order valence-electron chi connectivity index (χ1n) is 16.2. The summed E-state index contributed by atoms with van der Waals surface area (Å²) in [5, 5.41) is 18.1. The molecule has 0 spiro atoms. The van der Waals surface area contributed by atoms with Crippen LogP contribution < -0.4 is 31.6 Å². The van der Waals surface area contributed by atoms with E-state index in [2.05, 4.69) is 15.4 Å². The highest BCUT2D eigenvalue weighted by molar-refractivity contribution is 7.10. The van der Waals surface area contributed by atoms with Gasteiger partial charge < -0.3 is 31.8 Å². The number of hydrogen-bond donors (Lipinski definition) is 1. The Balaban J connectivity index is 0.00000650. The van der Waals surface area contributed by atoms with Crippen molar-refractivity contribution in [3.63, 3.8) is 0 Å². The minimum Gasteiger partial charge on any atom is -1.00 e. The molecule has 2 aromatic heterocycles. The Bertz CT molecular complexity index is 2160. The molecule has 17 heteroatoms. The fourth-order valence-corrected chi connectivity index (χ4v) is 6.77. The fraction of sp³-hybridized carbons (Fsp3) is 0.297. The van der Waals surface area contributed by atoms with Gasteiger partial charge in [-0.25, -0.2) is 27.9 Å². The summed E-state index contributed by atoms with van der Waals surface area (Å²) in [5.41, 5.74) is 0.596. The first-order chi connectivity index (χ1) is 25.0. The van der Waals surface area contributed by atoms with Gasteiger partial charge in [0.25, 0.3) is 6.33 Å². The van der Waals surface area contributed by atoms with E-state index in [1.807, 2.05) is 18.2 Å². The van der Waals surface area contributed by atoms with Crippen molar-refractivity contribution >= 4 is 23.3 Å². The van der Waals surface area contributed by atoms with E-state index in [4.69, 9.17) is 14.7 Å². The highest BCUT2D eigenvalue weighted by atomic mass is 79.9. The number of thiazole rings is 1. The lowest BCUT2D eigenvalue weighted by Gasteiger charge is -2.36. The number of carbonyl (C=O) groups is 2. The Morgan fingerprint density at radius 1 is 1.06 bits per heavy atom. The third-order valence-corrected chi connectivity index (χ3v) is 9.72. The number of likely N-dealkylation sites (N-methyl/N-ethyl adjacent to an activating group) is 1. The number of halogens is 6. The average molecular weight is 834 g/mol. The van der Waals surface area contributed by atoms with Crippen LogP contribution in [0.5, 0.6) is 5.75 Å². The predicted molar refractivity (Wildman–Crippen MR) is 182 cm³/mol. The largest absolute Gasteiger partial charge is 1.00 e. The maximum atomic E-state index is 15.7. The lowest BCUT2D eigenvalue weighted by molar-refractivity contribution is -0.689. The number of aromatic nitrogens is 4. The molecule has 54 heavy (non-hydrogen) atoms. The molecule has 0 fully saturated rings. The van der Waals surface area contributed by atoms with Crippen LogP contribution in [-0.4, -0.2) is 46.0 Å². The third-order valence-electron chi connectivity index (χ3n) is 8.70. The summed E-state index contributed by atoms with van der Waals surface area (Å²) < 4.78 is 85.3. The van der Waals surface area contributed by atoms with E-state index in [9.17, 15) is 27.2 Å². The van der Waals surface area contributed by atoms with E-state index < -0.39 is 59.4 Å². The molecule has 3 aromatic carbocycles. The lowest BCUT2D eigenvalue weighted by Crippen LogP contribution is -3.00. The number of benzene rings is 3. The van der Waals surface area contributed by atoms with E-state index in [0.29, 0.717) is 39.8 Å². The fourth-order valence-electron chi connectivity index (χ4n) is 5.80. The molecule has 0 aliphatic heterocycles. The smallest absolute Gasteiger partial charge is 0.490 e. The van der Waals surface area contributed by atoms with Gasteiger partial charge in [0.2, 0.25) is 6.33 Å². The quantitative estimate of drug-likeness (QED) is 0.0880. The van der Waals surface area contributed by atoms with Crippen LogP contribution in [0.15, 0.2) is 72.6 Å². The van der Waals surface area contributed by atoms with Crippen LogP contribution >= 0.6 is 11.3 Å². The van der Waals surface area contributed by atoms with Crippen LogP contribution in [0.2, 0.25) is 0 Å². The Hall–Kier alpha value is -5.05. The number of carbonyl (C=O) groups excluding carboxylic acids is 2. The maximum absolute atomic E-state index is 15.7. The molecule has 0 unspecified atom stereocenters. The van der Waals surface area contributed by atoms with Gasteiger partial charge in [-0.2, -0.15) is 18.4 Å². The molecule has 0 aliphatic carbocycles. The molecule has 0 radical (unpaired) electrons. The van der Waals surface area contributed by atoms with Crippen molar-refractivity contribution in [3.8, 4) is 23.1 Å². The normalized spacial score (nSPS) is 13.6. The van der Waals surface area contributed by atoms with Gasteiger partial charge in [0.15, 0.2) is 5.60 Å². The molecule has 3 atom stereocenters. The second kappa shape index (κ2) is 17.0. The lowest BCUT2D eigenvalue weighted by atomic mass is 9.81. The topological polar surface area (TPSA) is 123 Å². The van der Waals surface area contributed by atoms with Gasteiger partial charge in [-0.05, 0) is 80.9 Å². The summed E-state index contributed by atoms with van der Waals surface area (Å²) in [6.45, 7) is 6.26. The highest BCUT2D eigenvalue weighted by Gasteiger charge is 2.53. The number of rotatable bonds is 12. The van der Waals surface area contributed by atoms with Gasteiger partial charge in [0.1, 0.15) is 35.0 Å². The zero-order valence-corrected chi connectivity index (χ0v) is 31.9. The van der Waals surface area contributed by atoms with Crippen molar-refractivity contribution in [3.05, 3.63) is 117 Å². The number of ether oxygens (including phenoxy) is 2. The summed E-state index contributed by atoms with van der Waals surface area (Å²) in [5.74, 6) is -6.11. The van der Waals surface area contributed by atoms with E-state index >= 15 is 4.39 Å². The monoisotopic (exact) mass is 832 g/mol. The first-order valence-corrected chi connectivity index (χ1v) is 17.0. The van der Waals surface area contributed by atoms with Gasteiger partial charge in [0, 0.05) is 27.7 Å². The van der Waals surface area contributed by atoms with Crippen molar-refractivity contribution in [1.82, 2.24) is 20.1 Å². The van der Waals surface area contributed by atoms with Crippen molar-refractivity contribution in [1.29, 1.82) is 5.26 Å². The molecule has 0 saturated heterocycles. The van der Waals surface area contributed by atoms with Gasteiger partial charge in [-0.15, -0.1) is 16.0 Å². The van der Waals surface area contributed by atoms with Crippen molar-refractivity contribution in [2.45, 2.75) is 64.5 Å². The Kier molecular flexibility index (Phi) is 13.1. The second-order valence-electron chi connectivity index (χ2n) is 12.5. The zero-order chi connectivity index (χ0) is 38.7. The highest BCUT2D eigenvalue weighted by Crippen LogP contribution is 2.45. The minimum absolute atomic E-state index is 0. The van der Waals surface area contributed by atoms with Gasteiger partial charge in [-0.3, -0.25) is 0 Å². The summed E-state index contributed by atoms with van der Waals surface area (Å²) >= 11 is 1.04. The Morgan fingerprint density at radius 3 is 2.31 bits per heavy atom. The second-order valence-corrected chi connectivity index (χ2v) is 13.4. The molecule has 5 rings (SSSR count). The molecule has 284 valence electrons. The first kappa shape index (κ1) is 41.7. The SMILES string of the molecule is CN[C@@H](C)C(=O)Oc1c(C)cc(C[n+]2cnn(C[C@](OC(=O)C(F)(F)F)(c3ccc(F)cc3F)[C@@H](C)c3nc(-c4ccc(C#N)cc4)cs3)c2)cc1C.[Br-]. The van der Waals surface area contributed by atoms with Crippen molar-refractivity contribution in [2.75, 3.05) is 7.05 Å². The summed E-state index contributed by atoms with van der Waals surface area (Å²) in [7, 11) is 1.64. The Morgan fingerprint density at radius 2 is 1.72 bits per heavy atom. The van der Waals surface area contributed by atoms with E-state index in [1.54, 1.807) is 62.0 Å². The van der Waals surface area contributed by atoms with Gasteiger partial charge >= 0.3 is 18.1 Å². The molecule has 0 bridgehead atoms. The molecule has 0 aliphatic rings. The van der Waals surface area contributed by atoms with Crippen LogP contribution in [0.1, 0.15) is 52.6 Å². The number of nitrogens with one attached hydrogen (secondary N) is 1.